The normalized spacial score (nSPS) is 17.2. The Hall–Kier alpha value is -1.57. The van der Waals surface area contributed by atoms with Gasteiger partial charge < -0.3 is 5.11 Å². The van der Waals surface area contributed by atoms with Crippen LogP contribution in [0, 0.1) is 0 Å². The van der Waals surface area contributed by atoms with E-state index in [9.17, 15) is 4.79 Å². The molecule has 1 aromatic rings. The van der Waals surface area contributed by atoms with Gasteiger partial charge in [0.25, 0.3) is 0 Å². The summed E-state index contributed by atoms with van der Waals surface area (Å²) in [5, 5.41) is 9.13. The van der Waals surface area contributed by atoms with Gasteiger partial charge >= 0.3 is 5.97 Å². The first kappa shape index (κ1) is 12.9. The highest BCUT2D eigenvalue weighted by molar-refractivity contribution is 5.90. The lowest BCUT2D eigenvalue weighted by Gasteiger charge is -2.34. The topological polar surface area (TPSA) is 37.3 Å². The van der Waals surface area contributed by atoms with Gasteiger partial charge in [-0.05, 0) is 60.9 Å². The Morgan fingerprint density at radius 1 is 1.28 bits per heavy atom. The highest BCUT2D eigenvalue weighted by atomic mass is 16.4. The van der Waals surface area contributed by atoms with E-state index in [0.29, 0.717) is 5.56 Å². The number of benzene rings is 1. The van der Waals surface area contributed by atoms with Crippen molar-refractivity contribution in [3.63, 3.8) is 0 Å². The van der Waals surface area contributed by atoms with E-state index < -0.39 is 5.97 Å². The van der Waals surface area contributed by atoms with Crippen LogP contribution in [0.1, 0.15) is 62.0 Å². The molecule has 0 unspecified atom stereocenters. The van der Waals surface area contributed by atoms with Crippen molar-refractivity contribution in [2.24, 2.45) is 0 Å². The van der Waals surface area contributed by atoms with Crippen LogP contribution < -0.4 is 0 Å². The molecule has 0 radical (unpaired) electrons. The van der Waals surface area contributed by atoms with Crippen LogP contribution in [0.25, 0.3) is 5.57 Å². The van der Waals surface area contributed by atoms with Crippen LogP contribution in [0.2, 0.25) is 0 Å². The maximum Gasteiger partial charge on any atom is 0.335 e. The minimum Gasteiger partial charge on any atom is -0.478 e. The van der Waals surface area contributed by atoms with E-state index in [1.807, 2.05) is 12.1 Å². The molecular weight excluding hydrogens is 224 g/mol. The molecule has 1 N–H and O–H groups in total. The van der Waals surface area contributed by atoms with Crippen molar-refractivity contribution in [3.8, 4) is 0 Å². The fourth-order valence-electron chi connectivity index (χ4n) is 2.74. The maximum atomic E-state index is 11.1. The molecule has 18 heavy (non-hydrogen) atoms. The van der Waals surface area contributed by atoms with Crippen molar-refractivity contribution in [2.75, 3.05) is 0 Å². The van der Waals surface area contributed by atoms with Gasteiger partial charge in [0, 0.05) is 0 Å². The lowest BCUT2D eigenvalue weighted by Crippen LogP contribution is -2.24. The number of fused-ring (bicyclic) bond motifs is 1. The van der Waals surface area contributed by atoms with Crippen molar-refractivity contribution in [2.45, 2.75) is 46.0 Å². The zero-order chi connectivity index (χ0) is 13.5. The second kappa shape index (κ2) is 4.27. The summed E-state index contributed by atoms with van der Waals surface area (Å²) in [5.74, 6) is -0.853. The summed E-state index contributed by atoms with van der Waals surface area (Å²) in [5.41, 5.74) is 5.51. The molecule has 1 aliphatic rings. The van der Waals surface area contributed by atoms with Crippen molar-refractivity contribution >= 4 is 11.5 Å². The van der Waals surface area contributed by atoms with Gasteiger partial charge in [0.2, 0.25) is 0 Å². The molecule has 2 rings (SSSR count). The first-order chi connectivity index (χ1) is 8.33. The number of carbonyl (C=O) groups is 1. The Balaban J connectivity index is 2.69. The van der Waals surface area contributed by atoms with Crippen LogP contribution in [-0.2, 0) is 5.41 Å². The molecule has 2 heteroatoms. The summed E-state index contributed by atoms with van der Waals surface area (Å²) in [6, 6.07) is 5.54. The quantitative estimate of drug-likeness (QED) is 0.801. The molecule has 1 aromatic carbocycles. The first-order valence-electron chi connectivity index (χ1n) is 6.37. The molecule has 0 atom stereocenters. The molecule has 0 aromatic heterocycles. The molecule has 0 saturated carbocycles. The number of hydrogen-bond donors (Lipinski definition) is 1. The van der Waals surface area contributed by atoms with Gasteiger partial charge in [-0.2, -0.15) is 0 Å². The fraction of sp³-hybridized carbons (Fsp3) is 0.438. The highest BCUT2D eigenvalue weighted by Gasteiger charge is 2.30. The average Bonchev–Trinajstić information content (AvgIpc) is 2.27. The summed E-state index contributed by atoms with van der Waals surface area (Å²) in [6.45, 7) is 8.66. The van der Waals surface area contributed by atoms with E-state index in [1.165, 1.54) is 16.7 Å². The van der Waals surface area contributed by atoms with E-state index in [4.69, 9.17) is 5.11 Å². The van der Waals surface area contributed by atoms with E-state index in [2.05, 4.69) is 27.7 Å². The smallest absolute Gasteiger partial charge is 0.335 e. The largest absolute Gasteiger partial charge is 0.478 e. The molecule has 0 amide bonds. The Morgan fingerprint density at radius 3 is 2.50 bits per heavy atom. The maximum absolute atomic E-state index is 11.1. The average molecular weight is 244 g/mol. The first-order valence-corrected chi connectivity index (χ1v) is 6.37. The van der Waals surface area contributed by atoms with Gasteiger partial charge in [0.1, 0.15) is 0 Å². The van der Waals surface area contributed by atoms with Crippen LogP contribution in [0.5, 0.6) is 0 Å². The summed E-state index contributed by atoms with van der Waals surface area (Å²) < 4.78 is 0. The molecule has 0 heterocycles. The minimum atomic E-state index is -0.853. The van der Waals surface area contributed by atoms with Crippen molar-refractivity contribution in [1.29, 1.82) is 0 Å². The zero-order valence-electron chi connectivity index (χ0n) is 11.5. The Labute approximate surface area is 108 Å². The number of allylic oxidation sites excluding steroid dienone is 2. The third kappa shape index (κ3) is 2.07. The number of aromatic carboxylic acids is 1. The summed E-state index contributed by atoms with van der Waals surface area (Å²) >= 11 is 0. The molecule has 2 nitrogen and oxygen atoms in total. The van der Waals surface area contributed by atoms with Crippen LogP contribution in [0.15, 0.2) is 23.8 Å². The summed E-state index contributed by atoms with van der Waals surface area (Å²) in [4.78, 5) is 11.1. The minimum absolute atomic E-state index is 0.130. The second-order valence-corrected chi connectivity index (χ2v) is 5.93. The van der Waals surface area contributed by atoms with Crippen LogP contribution >= 0.6 is 0 Å². The molecule has 1 aliphatic carbocycles. The standard InChI is InChI=1S/C16H20O2/c1-10(2)12-7-8-16(3,4)14-6-5-11(15(17)18)9-13(12)14/h5-6,9H,7-8H2,1-4H3,(H,17,18). The molecule has 0 spiro atoms. The van der Waals surface area contributed by atoms with Crippen molar-refractivity contribution < 1.29 is 9.90 Å². The van der Waals surface area contributed by atoms with E-state index in [0.717, 1.165) is 18.4 Å². The van der Waals surface area contributed by atoms with Gasteiger partial charge in [-0.25, -0.2) is 4.79 Å². The Bertz CT molecular complexity index is 532. The van der Waals surface area contributed by atoms with Crippen LogP contribution in [0.4, 0.5) is 0 Å². The molecule has 0 saturated heterocycles. The molecule has 0 bridgehead atoms. The number of carboxylic acids is 1. The lowest BCUT2D eigenvalue weighted by atomic mass is 9.70. The predicted octanol–water partition coefficient (Wildman–Crippen LogP) is 4.25. The second-order valence-electron chi connectivity index (χ2n) is 5.93. The van der Waals surface area contributed by atoms with E-state index >= 15 is 0 Å². The van der Waals surface area contributed by atoms with Gasteiger partial charge in [0.05, 0.1) is 5.56 Å². The van der Waals surface area contributed by atoms with Gasteiger partial charge in [-0.15, -0.1) is 0 Å². The predicted molar refractivity (Wildman–Crippen MR) is 73.9 cm³/mol. The monoisotopic (exact) mass is 244 g/mol. The van der Waals surface area contributed by atoms with Crippen molar-refractivity contribution in [1.82, 2.24) is 0 Å². The third-order valence-corrected chi connectivity index (χ3v) is 3.92. The number of carboxylic acid groups (broad SMARTS) is 1. The zero-order valence-corrected chi connectivity index (χ0v) is 11.5. The van der Waals surface area contributed by atoms with Crippen LogP contribution in [-0.4, -0.2) is 11.1 Å². The molecule has 0 aliphatic heterocycles. The molecule has 96 valence electrons. The molecular formula is C16H20O2. The Morgan fingerprint density at radius 2 is 1.94 bits per heavy atom. The van der Waals surface area contributed by atoms with Crippen LogP contribution in [0.3, 0.4) is 0 Å². The number of rotatable bonds is 1. The highest BCUT2D eigenvalue weighted by Crippen LogP contribution is 2.43. The van der Waals surface area contributed by atoms with Gasteiger partial charge in [-0.1, -0.05) is 25.5 Å². The summed E-state index contributed by atoms with van der Waals surface area (Å²) in [6.07, 6.45) is 2.15. The fourth-order valence-corrected chi connectivity index (χ4v) is 2.74. The van der Waals surface area contributed by atoms with Gasteiger partial charge in [0.15, 0.2) is 0 Å². The summed E-state index contributed by atoms with van der Waals surface area (Å²) in [7, 11) is 0. The SMILES string of the molecule is CC(C)=C1CCC(C)(C)c2ccc(C(=O)O)cc21. The van der Waals surface area contributed by atoms with Crippen molar-refractivity contribution in [3.05, 3.63) is 40.5 Å². The van der Waals surface area contributed by atoms with E-state index in [-0.39, 0.29) is 5.41 Å². The lowest BCUT2D eigenvalue weighted by molar-refractivity contribution is 0.0696. The molecule has 0 fully saturated rings. The van der Waals surface area contributed by atoms with Gasteiger partial charge in [-0.3, -0.25) is 0 Å². The Kier molecular flexibility index (Phi) is 3.05. The van der Waals surface area contributed by atoms with E-state index in [1.54, 1.807) is 6.07 Å². The number of hydrogen-bond acceptors (Lipinski definition) is 1. The third-order valence-electron chi connectivity index (χ3n) is 3.92.